The number of benzene rings is 2. The number of nitrogens with zero attached hydrogens (tertiary/aromatic N) is 1. The third-order valence-electron chi connectivity index (χ3n) is 5.13. The van der Waals surface area contributed by atoms with Crippen LogP contribution in [0.2, 0.25) is 0 Å². The van der Waals surface area contributed by atoms with Crippen LogP contribution in [0.1, 0.15) is 43.4 Å². The zero-order valence-electron chi connectivity index (χ0n) is 17.1. The van der Waals surface area contributed by atoms with Crippen LogP contribution in [0.15, 0.2) is 54.6 Å². The molecular weight excluding hydrogens is 348 g/mol. The summed E-state index contributed by atoms with van der Waals surface area (Å²) in [6.07, 6.45) is 2.98. The Balaban J connectivity index is 1.37. The lowest BCUT2D eigenvalue weighted by atomic mass is 10.1. The number of ether oxygens (including phenoxy) is 1. The summed E-state index contributed by atoms with van der Waals surface area (Å²) in [5.74, 6) is 0.122. The normalized spacial score (nSPS) is 20.1. The molecule has 150 valence electrons. The third kappa shape index (κ3) is 6.77. The lowest BCUT2D eigenvalue weighted by Crippen LogP contribution is -2.44. The molecule has 0 aliphatic carbocycles. The summed E-state index contributed by atoms with van der Waals surface area (Å²) in [5, 5.41) is 3.03. The van der Waals surface area contributed by atoms with Crippen molar-refractivity contribution in [3.8, 4) is 0 Å². The molecule has 2 aromatic carbocycles. The number of morpholine rings is 1. The third-order valence-corrected chi connectivity index (χ3v) is 5.13. The van der Waals surface area contributed by atoms with E-state index in [2.05, 4.69) is 60.5 Å². The fourth-order valence-electron chi connectivity index (χ4n) is 3.82. The van der Waals surface area contributed by atoms with Gasteiger partial charge in [0.1, 0.15) is 0 Å². The van der Waals surface area contributed by atoms with Crippen LogP contribution in [0.4, 0.5) is 0 Å². The highest BCUT2D eigenvalue weighted by Crippen LogP contribution is 2.15. The Morgan fingerprint density at radius 3 is 2.29 bits per heavy atom. The van der Waals surface area contributed by atoms with E-state index < -0.39 is 0 Å². The minimum Gasteiger partial charge on any atom is -0.373 e. The van der Waals surface area contributed by atoms with Crippen LogP contribution in [0, 0.1) is 0 Å². The van der Waals surface area contributed by atoms with E-state index in [9.17, 15) is 4.79 Å². The highest BCUT2D eigenvalue weighted by Gasteiger charge is 2.21. The Kier molecular flexibility index (Phi) is 7.63. The van der Waals surface area contributed by atoms with Crippen molar-refractivity contribution < 1.29 is 9.53 Å². The van der Waals surface area contributed by atoms with Gasteiger partial charge in [0.15, 0.2) is 0 Å². The zero-order chi connectivity index (χ0) is 19.8. The van der Waals surface area contributed by atoms with Crippen LogP contribution in [0.25, 0.3) is 0 Å². The Hall–Kier alpha value is -2.17. The maximum atomic E-state index is 12.1. The summed E-state index contributed by atoms with van der Waals surface area (Å²) in [7, 11) is 0. The van der Waals surface area contributed by atoms with Crippen LogP contribution >= 0.6 is 0 Å². The molecule has 1 saturated heterocycles. The average Bonchev–Trinajstić information content (AvgIpc) is 2.67. The first-order valence-electron chi connectivity index (χ1n) is 10.3. The second-order valence-corrected chi connectivity index (χ2v) is 7.88. The number of carbonyl (C=O) groups excluding carboxylic acids is 1. The molecule has 2 aromatic rings. The molecule has 1 heterocycles. The van der Waals surface area contributed by atoms with E-state index in [-0.39, 0.29) is 5.91 Å². The van der Waals surface area contributed by atoms with Gasteiger partial charge in [-0.3, -0.25) is 9.69 Å². The van der Waals surface area contributed by atoms with Crippen molar-refractivity contribution >= 4 is 5.91 Å². The maximum Gasteiger partial charge on any atom is 0.220 e. The average molecular weight is 381 g/mol. The molecule has 0 spiro atoms. The van der Waals surface area contributed by atoms with Crippen molar-refractivity contribution in [3.05, 3.63) is 71.3 Å². The van der Waals surface area contributed by atoms with E-state index in [0.29, 0.717) is 25.2 Å². The van der Waals surface area contributed by atoms with Gasteiger partial charge in [-0.25, -0.2) is 0 Å². The Labute approximate surface area is 168 Å². The van der Waals surface area contributed by atoms with E-state index in [1.807, 2.05) is 18.2 Å². The molecule has 0 saturated carbocycles. The molecular formula is C24H32N2O2. The first-order chi connectivity index (χ1) is 13.6. The van der Waals surface area contributed by atoms with Crippen LogP contribution in [-0.2, 0) is 29.0 Å². The SMILES string of the molecule is C[C@@H]1CN(Cc2ccc(CNC(=O)CCCc3ccccc3)cc2)C[C@H](C)O1. The summed E-state index contributed by atoms with van der Waals surface area (Å²) in [5.41, 5.74) is 3.73. The predicted octanol–water partition coefficient (Wildman–Crippen LogP) is 3.93. The number of carbonyl (C=O) groups is 1. The van der Waals surface area contributed by atoms with Gasteiger partial charge in [0.25, 0.3) is 0 Å². The first kappa shape index (κ1) is 20.6. The largest absolute Gasteiger partial charge is 0.373 e. The standard InChI is InChI=1S/C24H32N2O2/c1-19-16-26(17-20(2)28-19)18-23-13-11-22(12-14-23)15-25-24(27)10-6-9-21-7-4-3-5-8-21/h3-5,7-8,11-14,19-20H,6,9-10,15-18H2,1-2H3,(H,25,27)/t19-,20+. The summed E-state index contributed by atoms with van der Waals surface area (Å²) in [6.45, 7) is 7.76. The smallest absolute Gasteiger partial charge is 0.220 e. The van der Waals surface area contributed by atoms with Crippen molar-refractivity contribution in [1.82, 2.24) is 10.2 Å². The topological polar surface area (TPSA) is 41.6 Å². The molecule has 3 rings (SSSR count). The van der Waals surface area contributed by atoms with E-state index in [1.165, 1.54) is 11.1 Å². The van der Waals surface area contributed by atoms with Crippen molar-refractivity contribution in [2.45, 2.75) is 58.4 Å². The number of hydrogen-bond acceptors (Lipinski definition) is 3. The second kappa shape index (κ2) is 10.4. The molecule has 0 radical (unpaired) electrons. The lowest BCUT2D eigenvalue weighted by Gasteiger charge is -2.35. The van der Waals surface area contributed by atoms with Gasteiger partial charge in [-0.15, -0.1) is 0 Å². The van der Waals surface area contributed by atoms with Gasteiger partial charge < -0.3 is 10.1 Å². The minimum atomic E-state index is 0.122. The van der Waals surface area contributed by atoms with E-state index in [0.717, 1.165) is 38.0 Å². The molecule has 1 aliphatic heterocycles. The van der Waals surface area contributed by atoms with Crippen molar-refractivity contribution in [2.24, 2.45) is 0 Å². The van der Waals surface area contributed by atoms with E-state index in [1.54, 1.807) is 0 Å². The van der Waals surface area contributed by atoms with Crippen LogP contribution in [-0.4, -0.2) is 36.1 Å². The molecule has 1 aliphatic rings. The monoisotopic (exact) mass is 380 g/mol. The van der Waals surface area contributed by atoms with E-state index in [4.69, 9.17) is 4.74 Å². The van der Waals surface area contributed by atoms with Gasteiger partial charge in [-0.2, -0.15) is 0 Å². The van der Waals surface area contributed by atoms with Crippen molar-refractivity contribution in [2.75, 3.05) is 13.1 Å². The van der Waals surface area contributed by atoms with Crippen LogP contribution in [0.5, 0.6) is 0 Å². The second-order valence-electron chi connectivity index (χ2n) is 7.88. The number of nitrogens with one attached hydrogen (secondary N) is 1. The van der Waals surface area contributed by atoms with Crippen LogP contribution < -0.4 is 5.32 Å². The highest BCUT2D eigenvalue weighted by molar-refractivity contribution is 5.75. The maximum absolute atomic E-state index is 12.1. The number of amides is 1. The Bertz CT molecular complexity index is 720. The molecule has 0 unspecified atom stereocenters. The molecule has 2 atom stereocenters. The summed E-state index contributed by atoms with van der Waals surface area (Å²) in [6, 6.07) is 18.9. The Morgan fingerprint density at radius 1 is 0.964 bits per heavy atom. The summed E-state index contributed by atoms with van der Waals surface area (Å²) >= 11 is 0. The summed E-state index contributed by atoms with van der Waals surface area (Å²) in [4.78, 5) is 14.5. The summed E-state index contributed by atoms with van der Waals surface area (Å²) < 4.78 is 5.80. The molecule has 1 amide bonds. The fourth-order valence-corrected chi connectivity index (χ4v) is 3.82. The minimum absolute atomic E-state index is 0.122. The van der Waals surface area contributed by atoms with Gasteiger partial charge in [0, 0.05) is 32.6 Å². The van der Waals surface area contributed by atoms with Crippen molar-refractivity contribution in [3.63, 3.8) is 0 Å². The molecule has 1 fully saturated rings. The molecule has 28 heavy (non-hydrogen) atoms. The lowest BCUT2D eigenvalue weighted by molar-refractivity contribution is -0.121. The number of rotatable bonds is 8. The van der Waals surface area contributed by atoms with E-state index >= 15 is 0 Å². The quantitative estimate of drug-likeness (QED) is 0.754. The number of aryl methyl sites for hydroxylation is 1. The van der Waals surface area contributed by atoms with Gasteiger partial charge in [-0.05, 0) is 43.4 Å². The zero-order valence-corrected chi connectivity index (χ0v) is 17.1. The fraction of sp³-hybridized carbons (Fsp3) is 0.458. The number of hydrogen-bond donors (Lipinski definition) is 1. The Morgan fingerprint density at radius 2 is 1.61 bits per heavy atom. The molecule has 1 N–H and O–H groups in total. The first-order valence-corrected chi connectivity index (χ1v) is 10.3. The molecule has 4 heteroatoms. The van der Waals surface area contributed by atoms with Crippen molar-refractivity contribution in [1.29, 1.82) is 0 Å². The highest BCUT2D eigenvalue weighted by atomic mass is 16.5. The van der Waals surface area contributed by atoms with Gasteiger partial charge in [0.2, 0.25) is 5.91 Å². The van der Waals surface area contributed by atoms with Gasteiger partial charge >= 0.3 is 0 Å². The predicted molar refractivity (Wildman–Crippen MR) is 113 cm³/mol. The van der Waals surface area contributed by atoms with Crippen LogP contribution in [0.3, 0.4) is 0 Å². The molecule has 0 bridgehead atoms. The molecule has 4 nitrogen and oxygen atoms in total. The van der Waals surface area contributed by atoms with Gasteiger partial charge in [0.05, 0.1) is 12.2 Å². The van der Waals surface area contributed by atoms with Gasteiger partial charge in [-0.1, -0.05) is 54.6 Å². The molecule has 0 aromatic heterocycles.